The van der Waals surface area contributed by atoms with Gasteiger partial charge in [0, 0.05) is 0 Å². The first kappa shape index (κ1) is 13.0. The molecule has 0 aromatic carbocycles. The Morgan fingerprint density at radius 3 is 2.60 bits per heavy atom. The Morgan fingerprint density at radius 2 is 2.13 bits per heavy atom. The monoisotopic (exact) mass is 211 g/mol. The van der Waals surface area contributed by atoms with Gasteiger partial charge in [-0.2, -0.15) is 0 Å². The van der Waals surface area contributed by atoms with E-state index in [9.17, 15) is 9.59 Å². The van der Waals surface area contributed by atoms with E-state index >= 15 is 0 Å². The highest BCUT2D eigenvalue weighted by Crippen LogP contribution is 1.92. The van der Waals surface area contributed by atoms with Crippen LogP contribution >= 0.6 is 0 Å². The second-order valence-corrected chi connectivity index (χ2v) is 2.35. The molecule has 0 aromatic heterocycles. The van der Waals surface area contributed by atoms with Gasteiger partial charge in [-0.15, -0.1) is 0 Å². The van der Waals surface area contributed by atoms with Crippen LogP contribution in [-0.2, 0) is 9.53 Å². The van der Waals surface area contributed by atoms with E-state index < -0.39 is 12.1 Å². The normalized spacial score (nSPS) is 11.1. The highest BCUT2D eigenvalue weighted by molar-refractivity contribution is 5.91. The Hall–Kier alpha value is -2.04. The molecule has 0 aliphatic rings. The molecule has 0 heterocycles. The quantitative estimate of drug-likeness (QED) is 0.533. The predicted molar refractivity (Wildman–Crippen MR) is 55.2 cm³/mol. The molecule has 2 N–H and O–H groups in total. The number of hydrogen-bond donors (Lipinski definition) is 2. The standard InChI is InChI=1S/C10H13NO4/c1-3-5-6-7-8(9(12)13)11-10(14)15-4-2/h3,5-7H,1,4H2,2H3,(H,11,14)(H,12,13). The molecule has 1 amide bonds. The van der Waals surface area contributed by atoms with Gasteiger partial charge in [0.25, 0.3) is 0 Å². The molecule has 0 bridgehead atoms. The number of carboxylic acids is 1. The number of ether oxygens (including phenoxy) is 1. The molecule has 0 atom stereocenters. The Kier molecular flexibility index (Phi) is 6.37. The maximum atomic E-state index is 10.9. The van der Waals surface area contributed by atoms with Crippen molar-refractivity contribution in [2.24, 2.45) is 0 Å². The largest absolute Gasteiger partial charge is 0.477 e. The van der Waals surface area contributed by atoms with Gasteiger partial charge in [-0.1, -0.05) is 24.8 Å². The summed E-state index contributed by atoms with van der Waals surface area (Å²) in [4.78, 5) is 21.5. The lowest BCUT2D eigenvalue weighted by atomic mass is 10.3. The predicted octanol–water partition coefficient (Wildman–Crippen LogP) is 1.44. The third-order valence-corrected chi connectivity index (χ3v) is 1.25. The average Bonchev–Trinajstić information content (AvgIpc) is 2.16. The van der Waals surface area contributed by atoms with E-state index in [2.05, 4.69) is 16.6 Å². The van der Waals surface area contributed by atoms with Crippen LogP contribution in [0.4, 0.5) is 4.79 Å². The zero-order chi connectivity index (χ0) is 11.7. The molecule has 0 spiro atoms. The molecule has 0 radical (unpaired) electrons. The fourth-order valence-electron chi connectivity index (χ4n) is 0.674. The maximum Gasteiger partial charge on any atom is 0.411 e. The Labute approximate surface area is 87.7 Å². The number of allylic oxidation sites excluding steroid dienone is 4. The average molecular weight is 211 g/mol. The molecule has 0 aromatic rings. The zero-order valence-electron chi connectivity index (χ0n) is 8.40. The summed E-state index contributed by atoms with van der Waals surface area (Å²) in [5.74, 6) is -1.24. The SMILES string of the molecule is C=CC=CC=C(NC(=O)OCC)C(=O)O. The van der Waals surface area contributed by atoms with Crippen LogP contribution in [0.25, 0.3) is 0 Å². The summed E-state index contributed by atoms with van der Waals surface area (Å²) in [6.45, 7) is 5.23. The van der Waals surface area contributed by atoms with Gasteiger partial charge in [0.1, 0.15) is 5.70 Å². The van der Waals surface area contributed by atoms with Crippen molar-refractivity contribution in [3.05, 3.63) is 36.6 Å². The highest BCUT2D eigenvalue weighted by Gasteiger charge is 2.10. The molecule has 82 valence electrons. The van der Waals surface area contributed by atoms with E-state index in [1.54, 1.807) is 6.92 Å². The van der Waals surface area contributed by atoms with E-state index in [1.807, 2.05) is 0 Å². The van der Waals surface area contributed by atoms with Crippen molar-refractivity contribution in [3.63, 3.8) is 0 Å². The van der Waals surface area contributed by atoms with Crippen molar-refractivity contribution >= 4 is 12.1 Å². The molecular weight excluding hydrogens is 198 g/mol. The topological polar surface area (TPSA) is 75.6 Å². The third kappa shape index (κ3) is 6.09. The van der Waals surface area contributed by atoms with Crippen molar-refractivity contribution in [2.45, 2.75) is 6.92 Å². The number of carbonyl (C=O) groups excluding carboxylic acids is 1. The number of alkyl carbamates (subject to hydrolysis) is 1. The van der Waals surface area contributed by atoms with Crippen molar-refractivity contribution in [2.75, 3.05) is 6.61 Å². The minimum absolute atomic E-state index is 0.182. The minimum atomic E-state index is -1.24. The molecule has 0 rings (SSSR count). The van der Waals surface area contributed by atoms with E-state index in [-0.39, 0.29) is 12.3 Å². The summed E-state index contributed by atoms with van der Waals surface area (Å²) in [7, 11) is 0. The van der Waals surface area contributed by atoms with Gasteiger partial charge in [0.15, 0.2) is 0 Å². The molecule has 0 fully saturated rings. The number of amides is 1. The summed E-state index contributed by atoms with van der Waals surface area (Å²) < 4.78 is 4.53. The number of carbonyl (C=O) groups is 2. The van der Waals surface area contributed by atoms with Gasteiger partial charge in [-0.05, 0) is 13.0 Å². The van der Waals surface area contributed by atoms with Crippen LogP contribution < -0.4 is 5.32 Å². The number of nitrogens with one attached hydrogen (secondary N) is 1. The zero-order valence-corrected chi connectivity index (χ0v) is 8.40. The summed E-state index contributed by atoms with van der Waals surface area (Å²) in [6.07, 6.45) is 4.91. The van der Waals surface area contributed by atoms with Gasteiger partial charge in [-0.25, -0.2) is 9.59 Å². The van der Waals surface area contributed by atoms with Gasteiger partial charge >= 0.3 is 12.1 Å². The van der Waals surface area contributed by atoms with Crippen LogP contribution in [0.3, 0.4) is 0 Å². The second-order valence-electron chi connectivity index (χ2n) is 2.35. The van der Waals surface area contributed by atoms with Gasteiger partial charge in [0.05, 0.1) is 6.61 Å². The molecule has 0 unspecified atom stereocenters. The minimum Gasteiger partial charge on any atom is -0.477 e. The smallest absolute Gasteiger partial charge is 0.411 e. The number of aliphatic carboxylic acids is 1. The summed E-state index contributed by atoms with van der Waals surface area (Å²) in [6, 6.07) is 0. The number of carboxylic acid groups (broad SMARTS) is 1. The lowest BCUT2D eigenvalue weighted by molar-refractivity contribution is -0.133. The van der Waals surface area contributed by atoms with Crippen molar-refractivity contribution in [1.29, 1.82) is 0 Å². The molecular formula is C10H13NO4. The van der Waals surface area contributed by atoms with E-state index in [0.717, 1.165) is 0 Å². The molecule has 5 heteroatoms. The summed E-state index contributed by atoms with van der Waals surface area (Å²) >= 11 is 0. The molecule has 0 aliphatic heterocycles. The highest BCUT2D eigenvalue weighted by atomic mass is 16.5. The maximum absolute atomic E-state index is 10.9. The lowest BCUT2D eigenvalue weighted by Crippen LogP contribution is -2.27. The first-order valence-electron chi connectivity index (χ1n) is 4.28. The van der Waals surface area contributed by atoms with Crippen LogP contribution in [0, 0.1) is 0 Å². The third-order valence-electron chi connectivity index (χ3n) is 1.25. The molecule has 5 nitrogen and oxygen atoms in total. The molecule has 0 saturated heterocycles. The second kappa shape index (κ2) is 7.37. The van der Waals surface area contributed by atoms with Crippen LogP contribution in [0.5, 0.6) is 0 Å². The fraction of sp³-hybridized carbons (Fsp3) is 0.200. The number of rotatable bonds is 5. The summed E-state index contributed by atoms with van der Waals surface area (Å²) in [5, 5.41) is 10.8. The van der Waals surface area contributed by atoms with Crippen LogP contribution in [0.1, 0.15) is 6.92 Å². The van der Waals surface area contributed by atoms with Crippen molar-refractivity contribution < 1.29 is 19.4 Å². The van der Waals surface area contributed by atoms with E-state index in [1.165, 1.54) is 24.3 Å². The molecule has 0 saturated carbocycles. The van der Waals surface area contributed by atoms with Gasteiger partial charge < -0.3 is 9.84 Å². The fourth-order valence-corrected chi connectivity index (χ4v) is 0.674. The van der Waals surface area contributed by atoms with Crippen molar-refractivity contribution in [3.8, 4) is 0 Å². The van der Waals surface area contributed by atoms with Crippen LogP contribution in [0.2, 0.25) is 0 Å². The van der Waals surface area contributed by atoms with Gasteiger partial charge in [0.2, 0.25) is 0 Å². The molecule has 15 heavy (non-hydrogen) atoms. The van der Waals surface area contributed by atoms with Crippen molar-refractivity contribution in [1.82, 2.24) is 5.32 Å². The Balaban J connectivity index is 4.47. The van der Waals surface area contributed by atoms with E-state index in [0.29, 0.717) is 0 Å². The lowest BCUT2D eigenvalue weighted by Gasteiger charge is -2.04. The molecule has 0 aliphatic carbocycles. The van der Waals surface area contributed by atoms with Gasteiger partial charge in [-0.3, -0.25) is 5.32 Å². The first-order valence-corrected chi connectivity index (χ1v) is 4.28. The summed E-state index contributed by atoms with van der Waals surface area (Å²) in [5.41, 5.74) is -0.258. The van der Waals surface area contributed by atoms with Crippen LogP contribution in [-0.4, -0.2) is 23.8 Å². The first-order chi connectivity index (χ1) is 7.11. The Bertz CT molecular complexity index is 305. The number of hydrogen-bond acceptors (Lipinski definition) is 3. The van der Waals surface area contributed by atoms with E-state index in [4.69, 9.17) is 5.11 Å². The Morgan fingerprint density at radius 1 is 1.47 bits per heavy atom. The van der Waals surface area contributed by atoms with Crippen LogP contribution in [0.15, 0.2) is 36.6 Å².